The maximum Gasteiger partial charge on any atom is 0.216 e. The number of hydrogen-bond acceptors (Lipinski definition) is 5. The first kappa shape index (κ1) is 10.9. The molecular weight excluding hydrogens is 182 g/mol. The van der Waals surface area contributed by atoms with Gasteiger partial charge in [0.2, 0.25) is 5.88 Å². The van der Waals surface area contributed by atoms with E-state index in [1.165, 1.54) is 7.11 Å². The van der Waals surface area contributed by atoms with Crippen molar-refractivity contribution < 1.29 is 9.84 Å². The van der Waals surface area contributed by atoms with Crippen molar-refractivity contribution in [2.75, 3.05) is 13.7 Å². The molecule has 0 aliphatic carbocycles. The predicted octanol–water partition coefficient (Wildman–Crippen LogP) is 0.0397. The monoisotopic (exact) mass is 197 g/mol. The lowest BCUT2D eigenvalue weighted by Gasteiger charge is -2.09. The number of aliphatic hydroxyl groups is 1. The van der Waals surface area contributed by atoms with Crippen molar-refractivity contribution >= 4 is 0 Å². The molecule has 0 aromatic carbocycles. The molecule has 0 radical (unpaired) electrons. The second-order valence-electron chi connectivity index (χ2n) is 2.86. The van der Waals surface area contributed by atoms with Crippen LogP contribution in [0.1, 0.15) is 24.5 Å². The van der Waals surface area contributed by atoms with E-state index in [0.717, 1.165) is 0 Å². The maximum atomic E-state index is 9.50. The molecule has 3 N–H and O–H groups in total. The second kappa shape index (κ2) is 4.88. The Kier molecular flexibility index (Phi) is 3.79. The summed E-state index contributed by atoms with van der Waals surface area (Å²) in [5, 5.41) is 9.50. The number of hydrogen-bond donors (Lipinski definition) is 2. The van der Waals surface area contributed by atoms with E-state index in [1.54, 1.807) is 6.07 Å². The molecule has 1 aromatic heterocycles. The van der Waals surface area contributed by atoms with Gasteiger partial charge in [0.25, 0.3) is 0 Å². The summed E-state index contributed by atoms with van der Waals surface area (Å²) in [6.45, 7) is 2.08. The Balaban J connectivity index is 3.04. The molecule has 0 fully saturated rings. The van der Waals surface area contributed by atoms with Gasteiger partial charge in [-0.3, -0.25) is 0 Å². The third-order valence-electron chi connectivity index (χ3n) is 1.86. The summed E-state index contributed by atoms with van der Waals surface area (Å²) >= 11 is 0. The highest BCUT2D eigenvalue weighted by Crippen LogP contribution is 2.15. The first-order chi connectivity index (χ1) is 6.71. The summed E-state index contributed by atoms with van der Waals surface area (Å²) in [5.41, 5.74) is 5.85. The van der Waals surface area contributed by atoms with Crippen molar-refractivity contribution in [2.45, 2.75) is 19.4 Å². The number of rotatable bonds is 4. The molecule has 0 aliphatic heterocycles. The summed E-state index contributed by atoms with van der Waals surface area (Å²) in [7, 11) is 1.53. The molecule has 0 bridgehead atoms. The molecule has 0 amide bonds. The first-order valence-corrected chi connectivity index (χ1v) is 4.51. The highest BCUT2D eigenvalue weighted by Gasteiger charge is 2.10. The van der Waals surface area contributed by atoms with E-state index in [4.69, 9.17) is 10.5 Å². The van der Waals surface area contributed by atoms with Crippen LogP contribution in [0.5, 0.6) is 5.88 Å². The van der Waals surface area contributed by atoms with Crippen molar-refractivity contribution in [1.29, 1.82) is 0 Å². The van der Waals surface area contributed by atoms with Crippen LogP contribution < -0.4 is 10.5 Å². The van der Waals surface area contributed by atoms with Crippen LogP contribution in [-0.2, 0) is 6.42 Å². The molecule has 1 atom stereocenters. The van der Waals surface area contributed by atoms with Crippen LogP contribution in [-0.4, -0.2) is 28.7 Å². The highest BCUT2D eigenvalue weighted by molar-refractivity contribution is 5.18. The van der Waals surface area contributed by atoms with E-state index in [2.05, 4.69) is 9.97 Å². The van der Waals surface area contributed by atoms with E-state index in [9.17, 15) is 5.11 Å². The molecule has 1 rings (SSSR count). The minimum Gasteiger partial charge on any atom is -0.481 e. The Hall–Kier alpha value is -1.20. The van der Waals surface area contributed by atoms with Gasteiger partial charge >= 0.3 is 0 Å². The van der Waals surface area contributed by atoms with Crippen molar-refractivity contribution in [3.8, 4) is 5.88 Å². The number of aliphatic hydroxyl groups excluding tert-OH is 1. The van der Waals surface area contributed by atoms with Crippen LogP contribution >= 0.6 is 0 Å². The van der Waals surface area contributed by atoms with E-state index in [1.807, 2.05) is 6.92 Å². The van der Waals surface area contributed by atoms with E-state index in [-0.39, 0.29) is 6.54 Å². The molecule has 1 aromatic rings. The highest BCUT2D eigenvalue weighted by atomic mass is 16.5. The van der Waals surface area contributed by atoms with Crippen molar-refractivity contribution in [3.63, 3.8) is 0 Å². The minimum atomic E-state index is -0.753. The van der Waals surface area contributed by atoms with Crippen molar-refractivity contribution in [3.05, 3.63) is 17.6 Å². The zero-order valence-electron chi connectivity index (χ0n) is 8.40. The number of ether oxygens (including phenoxy) is 1. The Morgan fingerprint density at radius 1 is 1.57 bits per heavy atom. The largest absolute Gasteiger partial charge is 0.481 e. The summed E-state index contributed by atoms with van der Waals surface area (Å²) in [6, 6.07) is 1.59. The van der Waals surface area contributed by atoms with Gasteiger partial charge in [0.15, 0.2) is 0 Å². The van der Waals surface area contributed by atoms with Gasteiger partial charge in [0.05, 0.1) is 12.8 Å². The Morgan fingerprint density at radius 3 is 2.79 bits per heavy atom. The minimum absolute atomic E-state index is 0.142. The smallest absolute Gasteiger partial charge is 0.216 e. The third kappa shape index (κ3) is 2.40. The van der Waals surface area contributed by atoms with Crippen molar-refractivity contribution in [1.82, 2.24) is 9.97 Å². The number of aryl methyl sites for hydroxylation is 1. The van der Waals surface area contributed by atoms with Crippen molar-refractivity contribution in [2.24, 2.45) is 5.73 Å². The molecule has 0 aliphatic rings. The molecule has 0 spiro atoms. The molecule has 78 valence electrons. The molecule has 1 heterocycles. The second-order valence-corrected chi connectivity index (χ2v) is 2.86. The molecular formula is C9H15N3O2. The quantitative estimate of drug-likeness (QED) is 0.712. The van der Waals surface area contributed by atoms with Crippen LogP contribution in [0.3, 0.4) is 0 Å². The fourth-order valence-electron chi connectivity index (χ4n) is 1.05. The molecule has 5 heteroatoms. The maximum absolute atomic E-state index is 9.50. The van der Waals surface area contributed by atoms with Crippen LogP contribution in [0.15, 0.2) is 6.07 Å². The lowest BCUT2D eigenvalue weighted by Crippen LogP contribution is -2.14. The molecule has 0 saturated carbocycles. The predicted molar refractivity (Wildman–Crippen MR) is 52.0 cm³/mol. The summed E-state index contributed by atoms with van der Waals surface area (Å²) in [5.74, 6) is 1.10. The topological polar surface area (TPSA) is 81.3 Å². The van der Waals surface area contributed by atoms with E-state index < -0.39 is 6.10 Å². The summed E-state index contributed by atoms with van der Waals surface area (Å²) in [4.78, 5) is 8.25. The number of nitrogens with two attached hydrogens (primary N) is 1. The number of aromatic nitrogens is 2. The Bertz CT molecular complexity index is 282. The normalized spacial score (nSPS) is 12.6. The first-order valence-electron chi connectivity index (χ1n) is 4.51. The van der Waals surface area contributed by atoms with E-state index in [0.29, 0.717) is 23.8 Å². The van der Waals surface area contributed by atoms with E-state index >= 15 is 0 Å². The van der Waals surface area contributed by atoms with Gasteiger partial charge in [-0.25, -0.2) is 4.98 Å². The van der Waals surface area contributed by atoms with Crippen LogP contribution in [0.25, 0.3) is 0 Å². The van der Waals surface area contributed by atoms with Crippen LogP contribution in [0, 0.1) is 0 Å². The molecule has 14 heavy (non-hydrogen) atoms. The molecule has 0 saturated heterocycles. The van der Waals surface area contributed by atoms with Gasteiger partial charge in [-0.2, -0.15) is 4.98 Å². The van der Waals surface area contributed by atoms with Gasteiger partial charge < -0.3 is 15.6 Å². The summed E-state index contributed by atoms with van der Waals surface area (Å²) in [6.07, 6.45) is -0.0567. The van der Waals surface area contributed by atoms with Gasteiger partial charge in [-0.1, -0.05) is 6.92 Å². The zero-order chi connectivity index (χ0) is 10.6. The number of nitrogens with zero attached hydrogens (tertiary/aromatic N) is 2. The van der Waals surface area contributed by atoms with Crippen LogP contribution in [0.4, 0.5) is 0 Å². The van der Waals surface area contributed by atoms with Gasteiger partial charge in [-0.15, -0.1) is 0 Å². The van der Waals surface area contributed by atoms with Gasteiger partial charge in [0, 0.05) is 19.0 Å². The molecule has 5 nitrogen and oxygen atoms in total. The average molecular weight is 197 g/mol. The Morgan fingerprint density at radius 2 is 2.29 bits per heavy atom. The standard InChI is InChI=1S/C9H15N3O2/c1-3-8-11-6(7(13)5-10)4-9(12-8)14-2/h4,7,13H,3,5,10H2,1-2H3. The van der Waals surface area contributed by atoms with Gasteiger partial charge in [0.1, 0.15) is 11.9 Å². The van der Waals surface area contributed by atoms with Crippen LogP contribution in [0.2, 0.25) is 0 Å². The SMILES string of the molecule is CCc1nc(OC)cc(C(O)CN)n1. The number of methoxy groups -OCH3 is 1. The third-order valence-corrected chi connectivity index (χ3v) is 1.86. The molecule has 1 unspecified atom stereocenters. The van der Waals surface area contributed by atoms with Gasteiger partial charge in [-0.05, 0) is 0 Å². The fraction of sp³-hybridized carbons (Fsp3) is 0.556. The lowest BCUT2D eigenvalue weighted by atomic mass is 10.2. The Labute approximate surface area is 82.9 Å². The zero-order valence-corrected chi connectivity index (χ0v) is 8.40. The lowest BCUT2D eigenvalue weighted by molar-refractivity contribution is 0.180. The summed E-state index contributed by atoms with van der Waals surface area (Å²) < 4.78 is 4.99. The average Bonchev–Trinajstić information content (AvgIpc) is 2.27. The fourth-order valence-corrected chi connectivity index (χ4v) is 1.05.